The molecule has 2 aromatic carbocycles. The van der Waals surface area contributed by atoms with E-state index in [0.717, 1.165) is 16.5 Å². The molecule has 0 spiro atoms. The fourth-order valence-corrected chi connectivity index (χ4v) is 2.76. The van der Waals surface area contributed by atoms with Crippen molar-refractivity contribution < 1.29 is 23.6 Å². The van der Waals surface area contributed by atoms with Gasteiger partial charge < -0.3 is 19.9 Å². The van der Waals surface area contributed by atoms with E-state index in [1.165, 1.54) is 0 Å². The van der Waals surface area contributed by atoms with E-state index in [-0.39, 0.29) is 24.6 Å². The normalized spacial score (nSPS) is 10.5. The zero-order valence-corrected chi connectivity index (χ0v) is 15.9. The van der Waals surface area contributed by atoms with Crippen LogP contribution in [0.1, 0.15) is 25.0 Å². The van der Waals surface area contributed by atoms with Crippen LogP contribution in [0.15, 0.2) is 53.1 Å². The van der Waals surface area contributed by atoms with Gasteiger partial charge in [0.1, 0.15) is 5.76 Å². The molecule has 0 radical (unpaired) electrons. The highest BCUT2D eigenvalue weighted by molar-refractivity contribution is 6.02. The van der Waals surface area contributed by atoms with Gasteiger partial charge in [-0.3, -0.25) is 14.4 Å². The maximum atomic E-state index is 12.2. The number of aromatic nitrogens is 1. The summed E-state index contributed by atoms with van der Waals surface area (Å²) in [7, 11) is 0. The Morgan fingerprint density at radius 3 is 2.59 bits per heavy atom. The van der Waals surface area contributed by atoms with Crippen molar-refractivity contribution in [1.82, 2.24) is 5.16 Å². The summed E-state index contributed by atoms with van der Waals surface area (Å²) >= 11 is 0. The molecule has 0 aliphatic heterocycles. The highest BCUT2D eigenvalue weighted by atomic mass is 16.5. The van der Waals surface area contributed by atoms with Crippen LogP contribution in [0.2, 0.25) is 0 Å². The number of nitrogens with one attached hydrogen (secondary N) is 2. The molecule has 2 amide bonds. The second kappa shape index (κ2) is 9.50. The van der Waals surface area contributed by atoms with Crippen molar-refractivity contribution in [1.29, 1.82) is 0 Å². The lowest BCUT2D eigenvalue weighted by molar-refractivity contribution is -0.147. The number of hydrogen-bond acceptors (Lipinski definition) is 6. The van der Waals surface area contributed by atoms with E-state index >= 15 is 0 Å². The molecule has 0 bridgehead atoms. The fourth-order valence-electron chi connectivity index (χ4n) is 2.76. The van der Waals surface area contributed by atoms with Crippen molar-refractivity contribution in [3.8, 4) is 0 Å². The van der Waals surface area contributed by atoms with Crippen molar-refractivity contribution in [2.45, 2.75) is 26.2 Å². The van der Waals surface area contributed by atoms with Crippen molar-refractivity contribution in [3.63, 3.8) is 0 Å². The van der Waals surface area contributed by atoms with Crippen molar-refractivity contribution in [2.24, 2.45) is 0 Å². The number of fused-ring (bicyclic) bond motifs is 1. The third-order valence-electron chi connectivity index (χ3n) is 4.11. The quantitative estimate of drug-likeness (QED) is 0.566. The van der Waals surface area contributed by atoms with Gasteiger partial charge in [0.25, 0.3) is 5.91 Å². The van der Waals surface area contributed by atoms with Crippen LogP contribution in [0.4, 0.5) is 11.5 Å². The fraction of sp³-hybridized carbons (Fsp3) is 0.238. The van der Waals surface area contributed by atoms with Crippen LogP contribution >= 0.6 is 0 Å². The largest absolute Gasteiger partial charge is 0.456 e. The summed E-state index contributed by atoms with van der Waals surface area (Å²) < 4.78 is 9.72. The monoisotopic (exact) mass is 395 g/mol. The Hall–Kier alpha value is -3.68. The molecule has 0 aliphatic rings. The average molecular weight is 395 g/mol. The van der Waals surface area contributed by atoms with E-state index < -0.39 is 18.5 Å². The smallest absolute Gasteiger partial charge is 0.306 e. The molecule has 0 saturated heterocycles. The molecule has 3 rings (SSSR count). The number of carbonyl (C=O) groups is 3. The SMILES string of the molecule is Cc1cc(NC(=O)COC(=O)CCCC(=O)Nc2cccc3ccccc23)no1. The number of benzene rings is 2. The van der Waals surface area contributed by atoms with Gasteiger partial charge in [-0.05, 0) is 24.8 Å². The molecule has 1 aromatic heterocycles. The van der Waals surface area contributed by atoms with Crippen LogP contribution in [0, 0.1) is 6.92 Å². The lowest BCUT2D eigenvalue weighted by Crippen LogP contribution is -2.21. The van der Waals surface area contributed by atoms with Crippen LogP contribution in [0.5, 0.6) is 0 Å². The summed E-state index contributed by atoms with van der Waals surface area (Å²) in [6.07, 6.45) is 0.529. The summed E-state index contributed by atoms with van der Waals surface area (Å²) in [5, 5.41) is 10.9. The number of esters is 1. The van der Waals surface area contributed by atoms with Gasteiger partial charge in [-0.1, -0.05) is 41.6 Å². The molecule has 2 N–H and O–H groups in total. The van der Waals surface area contributed by atoms with E-state index in [0.29, 0.717) is 12.2 Å². The predicted octanol–water partition coefficient (Wildman–Crippen LogP) is 3.43. The first-order valence-corrected chi connectivity index (χ1v) is 9.17. The topological polar surface area (TPSA) is 111 Å². The summed E-state index contributed by atoms with van der Waals surface area (Å²) in [6, 6.07) is 15.0. The Kier molecular flexibility index (Phi) is 6.57. The molecule has 1 heterocycles. The minimum atomic E-state index is -0.547. The van der Waals surface area contributed by atoms with Gasteiger partial charge in [0.2, 0.25) is 5.91 Å². The van der Waals surface area contributed by atoms with Crippen molar-refractivity contribution in [2.75, 3.05) is 17.2 Å². The van der Waals surface area contributed by atoms with E-state index in [9.17, 15) is 14.4 Å². The maximum Gasteiger partial charge on any atom is 0.306 e. The van der Waals surface area contributed by atoms with Crippen LogP contribution in [-0.2, 0) is 19.1 Å². The third-order valence-corrected chi connectivity index (χ3v) is 4.11. The highest BCUT2D eigenvalue weighted by Gasteiger charge is 2.11. The molecular formula is C21H21N3O5. The number of carbonyl (C=O) groups excluding carboxylic acids is 3. The molecule has 3 aromatic rings. The van der Waals surface area contributed by atoms with Crippen LogP contribution in [0.3, 0.4) is 0 Å². The molecule has 150 valence electrons. The van der Waals surface area contributed by atoms with Gasteiger partial charge >= 0.3 is 5.97 Å². The summed E-state index contributed by atoms with van der Waals surface area (Å²) in [5.41, 5.74) is 0.732. The van der Waals surface area contributed by atoms with E-state index in [1.54, 1.807) is 13.0 Å². The lowest BCUT2D eigenvalue weighted by Gasteiger charge is -2.09. The zero-order valence-electron chi connectivity index (χ0n) is 15.9. The Labute approximate surface area is 167 Å². The predicted molar refractivity (Wildman–Crippen MR) is 107 cm³/mol. The van der Waals surface area contributed by atoms with Crippen molar-refractivity contribution >= 4 is 40.1 Å². The van der Waals surface area contributed by atoms with Gasteiger partial charge in [-0.2, -0.15) is 0 Å². The second-order valence-corrected chi connectivity index (χ2v) is 6.46. The van der Waals surface area contributed by atoms with E-state index in [4.69, 9.17) is 9.26 Å². The summed E-state index contributed by atoms with van der Waals surface area (Å²) in [5.74, 6) is -0.434. The van der Waals surface area contributed by atoms with Gasteiger partial charge in [-0.25, -0.2) is 0 Å². The molecule has 29 heavy (non-hydrogen) atoms. The Balaban J connectivity index is 1.37. The summed E-state index contributed by atoms with van der Waals surface area (Å²) in [4.78, 5) is 35.6. The Bertz CT molecular complexity index is 1020. The number of ether oxygens (including phenoxy) is 1. The Morgan fingerprint density at radius 2 is 1.79 bits per heavy atom. The number of anilines is 2. The van der Waals surface area contributed by atoms with E-state index in [1.807, 2.05) is 42.5 Å². The molecular weight excluding hydrogens is 374 g/mol. The number of nitrogens with zero attached hydrogens (tertiary/aromatic N) is 1. The highest BCUT2D eigenvalue weighted by Crippen LogP contribution is 2.23. The third kappa shape index (κ3) is 5.90. The van der Waals surface area contributed by atoms with Crippen molar-refractivity contribution in [3.05, 3.63) is 54.3 Å². The molecule has 0 aliphatic carbocycles. The molecule has 8 nitrogen and oxygen atoms in total. The minimum Gasteiger partial charge on any atom is -0.456 e. The van der Waals surface area contributed by atoms with Gasteiger partial charge in [-0.15, -0.1) is 0 Å². The lowest BCUT2D eigenvalue weighted by atomic mass is 10.1. The maximum absolute atomic E-state index is 12.2. The van der Waals surface area contributed by atoms with Gasteiger partial charge in [0, 0.05) is 30.0 Å². The van der Waals surface area contributed by atoms with Crippen LogP contribution in [-0.4, -0.2) is 29.5 Å². The zero-order chi connectivity index (χ0) is 20.6. The first kappa shape index (κ1) is 20.1. The second-order valence-electron chi connectivity index (χ2n) is 6.46. The first-order valence-electron chi connectivity index (χ1n) is 9.17. The van der Waals surface area contributed by atoms with E-state index in [2.05, 4.69) is 15.8 Å². The number of aryl methyl sites for hydroxylation is 1. The van der Waals surface area contributed by atoms with Crippen LogP contribution in [0.25, 0.3) is 10.8 Å². The number of rotatable bonds is 8. The minimum absolute atomic E-state index is 0.0410. The standard InChI is InChI=1S/C21H21N3O5/c1-14-12-18(24-29-14)23-20(26)13-28-21(27)11-5-10-19(25)22-17-9-4-7-15-6-2-3-8-16(15)17/h2-4,6-9,12H,5,10-11,13H2,1H3,(H,22,25)(H,23,24,26). The van der Waals surface area contributed by atoms with Gasteiger partial charge in [0.05, 0.1) is 0 Å². The first-order chi connectivity index (χ1) is 14.0. The molecule has 0 saturated carbocycles. The average Bonchev–Trinajstić information content (AvgIpc) is 3.11. The Morgan fingerprint density at radius 1 is 1.00 bits per heavy atom. The summed E-state index contributed by atoms with van der Waals surface area (Å²) in [6.45, 7) is 1.27. The molecule has 0 fully saturated rings. The molecule has 0 unspecified atom stereocenters. The number of hydrogen-bond donors (Lipinski definition) is 2. The van der Waals surface area contributed by atoms with Crippen LogP contribution < -0.4 is 10.6 Å². The molecule has 0 atom stereocenters. The molecule has 8 heteroatoms. The number of amides is 2. The van der Waals surface area contributed by atoms with Gasteiger partial charge in [0.15, 0.2) is 12.4 Å².